The van der Waals surface area contributed by atoms with Crippen molar-refractivity contribution in [2.45, 2.75) is 31.7 Å². The molecule has 1 saturated heterocycles. The molecule has 3 rings (SSSR count). The first-order valence-electron chi connectivity index (χ1n) is 8.13. The minimum atomic E-state index is 0.647. The van der Waals surface area contributed by atoms with Crippen molar-refractivity contribution in [1.82, 2.24) is 9.80 Å². The zero-order chi connectivity index (χ0) is 13.8. The molecule has 0 saturated carbocycles. The van der Waals surface area contributed by atoms with Crippen LogP contribution in [-0.4, -0.2) is 49.1 Å². The van der Waals surface area contributed by atoms with Crippen LogP contribution in [-0.2, 0) is 6.42 Å². The van der Waals surface area contributed by atoms with Gasteiger partial charge in [0.25, 0.3) is 0 Å². The third kappa shape index (κ3) is 3.05. The number of fused-ring (bicyclic) bond motifs is 1. The van der Waals surface area contributed by atoms with Crippen LogP contribution in [0, 0.1) is 0 Å². The Kier molecular flexibility index (Phi) is 4.71. The predicted molar refractivity (Wildman–Crippen MR) is 83.8 cm³/mol. The Morgan fingerprint density at radius 3 is 2.65 bits per heavy atom. The Labute approximate surface area is 122 Å². The van der Waals surface area contributed by atoms with Gasteiger partial charge in [0, 0.05) is 45.3 Å². The van der Waals surface area contributed by atoms with E-state index in [1.807, 2.05) is 0 Å². The number of aryl methyl sites for hydroxylation is 1. The van der Waals surface area contributed by atoms with E-state index >= 15 is 0 Å². The Bertz CT molecular complexity index is 424. The summed E-state index contributed by atoms with van der Waals surface area (Å²) < 4.78 is 0. The summed E-state index contributed by atoms with van der Waals surface area (Å²) in [5.41, 5.74) is 8.84. The van der Waals surface area contributed by atoms with Crippen LogP contribution in [0.2, 0.25) is 0 Å². The molecule has 1 aromatic carbocycles. The quantitative estimate of drug-likeness (QED) is 0.855. The fourth-order valence-corrected chi connectivity index (χ4v) is 3.76. The van der Waals surface area contributed by atoms with Crippen molar-refractivity contribution in [1.29, 1.82) is 0 Å². The number of hydrogen-bond acceptors (Lipinski definition) is 3. The molecule has 1 unspecified atom stereocenters. The second kappa shape index (κ2) is 6.70. The van der Waals surface area contributed by atoms with Crippen LogP contribution in [0.4, 0.5) is 0 Å². The fraction of sp³-hybridized carbons (Fsp3) is 0.647. The van der Waals surface area contributed by atoms with Gasteiger partial charge >= 0.3 is 0 Å². The highest BCUT2D eigenvalue weighted by atomic mass is 15.3. The lowest BCUT2D eigenvalue weighted by atomic mass is 9.97. The lowest BCUT2D eigenvalue weighted by Gasteiger charge is -2.39. The summed E-state index contributed by atoms with van der Waals surface area (Å²) in [5.74, 6) is 0. The van der Waals surface area contributed by atoms with Crippen LogP contribution < -0.4 is 5.73 Å². The normalized spacial score (nSPS) is 25.1. The van der Waals surface area contributed by atoms with Gasteiger partial charge in [-0.3, -0.25) is 9.80 Å². The fourth-order valence-electron chi connectivity index (χ4n) is 3.76. The second-order valence-corrected chi connectivity index (χ2v) is 6.13. The SMILES string of the molecule is NCCN1CCN(C2CCCCc3ccccc32)CC1. The minimum absolute atomic E-state index is 0.647. The standard InChI is InChI=1S/C17H27N3/c18-9-10-19-11-13-20(14-12-19)17-8-4-2-6-15-5-1-3-7-16(15)17/h1,3,5,7,17H,2,4,6,8-14,18H2. The van der Waals surface area contributed by atoms with Crippen molar-refractivity contribution >= 4 is 0 Å². The van der Waals surface area contributed by atoms with Crippen LogP contribution in [0.15, 0.2) is 24.3 Å². The molecule has 110 valence electrons. The summed E-state index contributed by atoms with van der Waals surface area (Å²) in [4.78, 5) is 5.20. The molecule has 3 nitrogen and oxygen atoms in total. The van der Waals surface area contributed by atoms with Gasteiger partial charge in [-0.15, -0.1) is 0 Å². The smallest absolute Gasteiger partial charge is 0.0351 e. The van der Waals surface area contributed by atoms with E-state index in [2.05, 4.69) is 34.1 Å². The second-order valence-electron chi connectivity index (χ2n) is 6.13. The average Bonchev–Trinajstić information content (AvgIpc) is 2.71. The van der Waals surface area contributed by atoms with E-state index in [9.17, 15) is 0 Å². The summed E-state index contributed by atoms with van der Waals surface area (Å²) in [5, 5.41) is 0. The van der Waals surface area contributed by atoms with E-state index in [1.54, 1.807) is 11.1 Å². The van der Waals surface area contributed by atoms with Crippen LogP contribution in [0.1, 0.15) is 36.4 Å². The number of nitrogens with two attached hydrogens (primary N) is 1. The Balaban J connectivity index is 1.71. The summed E-state index contributed by atoms with van der Waals surface area (Å²) in [6, 6.07) is 9.74. The Hall–Kier alpha value is -0.900. The molecule has 1 fully saturated rings. The van der Waals surface area contributed by atoms with E-state index in [0.717, 1.165) is 13.1 Å². The molecule has 1 heterocycles. The number of nitrogens with zero attached hydrogens (tertiary/aromatic N) is 2. The highest BCUT2D eigenvalue weighted by molar-refractivity contribution is 5.31. The largest absolute Gasteiger partial charge is 0.329 e. The van der Waals surface area contributed by atoms with Crippen molar-refractivity contribution in [2.24, 2.45) is 5.73 Å². The van der Waals surface area contributed by atoms with Crippen molar-refractivity contribution in [2.75, 3.05) is 39.3 Å². The van der Waals surface area contributed by atoms with E-state index in [1.165, 1.54) is 51.9 Å². The molecule has 0 spiro atoms. The Morgan fingerprint density at radius 1 is 1.05 bits per heavy atom. The molecule has 0 bridgehead atoms. The number of piperazine rings is 1. The molecule has 1 aliphatic carbocycles. The van der Waals surface area contributed by atoms with E-state index < -0.39 is 0 Å². The molecule has 2 aliphatic rings. The predicted octanol–water partition coefficient (Wildman–Crippen LogP) is 2.03. The molecule has 1 aromatic rings. The summed E-state index contributed by atoms with van der Waals surface area (Å²) in [7, 11) is 0. The molecule has 20 heavy (non-hydrogen) atoms. The van der Waals surface area contributed by atoms with Crippen LogP contribution >= 0.6 is 0 Å². The molecule has 2 N–H and O–H groups in total. The monoisotopic (exact) mass is 273 g/mol. The lowest BCUT2D eigenvalue weighted by molar-refractivity contribution is 0.0933. The third-order valence-corrected chi connectivity index (χ3v) is 4.88. The first kappa shape index (κ1) is 14.1. The van der Waals surface area contributed by atoms with Gasteiger partial charge in [-0.25, -0.2) is 0 Å². The summed E-state index contributed by atoms with van der Waals surface area (Å²) in [6.45, 7) is 6.57. The number of hydrogen-bond donors (Lipinski definition) is 1. The van der Waals surface area contributed by atoms with Crippen molar-refractivity contribution in [3.63, 3.8) is 0 Å². The molecule has 1 aliphatic heterocycles. The van der Waals surface area contributed by atoms with Gasteiger partial charge in [0.2, 0.25) is 0 Å². The Morgan fingerprint density at radius 2 is 1.85 bits per heavy atom. The van der Waals surface area contributed by atoms with Crippen molar-refractivity contribution in [3.05, 3.63) is 35.4 Å². The number of rotatable bonds is 3. The van der Waals surface area contributed by atoms with Gasteiger partial charge in [-0.2, -0.15) is 0 Å². The van der Waals surface area contributed by atoms with Gasteiger partial charge in [0.05, 0.1) is 0 Å². The zero-order valence-electron chi connectivity index (χ0n) is 12.4. The van der Waals surface area contributed by atoms with Gasteiger partial charge < -0.3 is 5.73 Å². The first-order valence-corrected chi connectivity index (χ1v) is 8.13. The zero-order valence-corrected chi connectivity index (χ0v) is 12.4. The number of benzene rings is 1. The molecule has 0 aromatic heterocycles. The third-order valence-electron chi connectivity index (χ3n) is 4.88. The molecule has 0 amide bonds. The van der Waals surface area contributed by atoms with Crippen molar-refractivity contribution < 1.29 is 0 Å². The molecule has 3 heteroatoms. The van der Waals surface area contributed by atoms with Crippen LogP contribution in [0.25, 0.3) is 0 Å². The molecule has 0 radical (unpaired) electrons. The van der Waals surface area contributed by atoms with Crippen LogP contribution in [0.5, 0.6) is 0 Å². The summed E-state index contributed by atoms with van der Waals surface area (Å²) in [6.07, 6.45) is 5.30. The topological polar surface area (TPSA) is 32.5 Å². The highest BCUT2D eigenvalue weighted by Crippen LogP contribution is 2.33. The van der Waals surface area contributed by atoms with Gasteiger partial charge in [0.1, 0.15) is 0 Å². The molecule has 1 atom stereocenters. The highest BCUT2D eigenvalue weighted by Gasteiger charge is 2.27. The first-order chi connectivity index (χ1) is 9.88. The average molecular weight is 273 g/mol. The summed E-state index contributed by atoms with van der Waals surface area (Å²) >= 11 is 0. The maximum absolute atomic E-state index is 5.67. The van der Waals surface area contributed by atoms with Crippen molar-refractivity contribution in [3.8, 4) is 0 Å². The maximum Gasteiger partial charge on any atom is 0.0351 e. The van der Waals surface area contributed by atoms with E-state index in [0.29, 0.717) is 6.04 Å². The van der Waals surface area contributed by atoms with E-state index in [4.69, 9.17) is 5.73 Å². The maximum atomic E-state index is 5.67. The molecular weight excluding hydrogens is 246 g/mol. The lowest BCUT2D eigenvalue weighted by Crippen LogP contribution is -2.48. The van der Waals surface area contributed by atoms with Gasteiger partial charge in [0.15, 0.2) is 0 Å². The van der Waals surface area contributed by atoms with Gasteiger partial charge in [-0.1, -0.05) is 30.7 Å². The van der Waals surface area contributed by atoms with Gasteiger partial charge in [-0.05, 0) is 30.4 Å². The van der Waals surface area contributed by atoms with Crippen LogP contribution in [0.3, 0.4) is 0 Å². The molecular formula is C17H27N3. The van der Waals surface area contributed by atoms with E-state index in [-0.39, 0.29) is 0 Å². The minimum Gasteiger partial charge on any atom is -0.329 e.